The van der Waals surface area contributed by atoms with Gasteiger partial charge in [0.1, 0.15) is 0 Å². The molecule has 0 amide bonds. The standard InChI is InChI=1S/C14H31N/c1-5-9-13(7-3)11-15-12-14(8-4)10-6-2/h13-15H,5-12H2,1-4H3. The molecule has 0 aliphatic carbocycles. The van der Waals surface area contributed by atoms with Crippen LogP contribution in [0.15, 0.2) is 0 Å². The lowest BCUT2D eigenvalue weighted by atomic mass is 9.98. The van der Waals surface area contributed by atoms with Gasteiger partial charge in [-0.3, -0.25) is 0 Å². The molecule has 0 aromatic heterocycles. The fraction of sp³-hybridized carbons (Fsp3) is 1.00. The van der Waals surface area contributed by atoms with Crippen LogP contribution < -0.4 is 5.32 Å². The van der Waals surface area contributed by atoms with E-state index in [4.69, 9.17) is 0 Å². The van der Waals surface area contributed by atoms with Crippen LogP contribution in [0.4, 0.5) is 0 Å². The monoisotopic (exact) mass is 213 g/mol. The third-order valence-corrected chi connectivity index (χ3v) is 3.41. The van der Waals surface area contributed by atoms with Gasteiger partial charge in [0.25, 0.3) is 0 Å². The predicted octanol–water partition coefficient (Wildman–Crippen LogP) is 4.23. The molecule has 2 unspecified atom stereocenters. The average molecular weight is 213 g/mol. The first-order valence-corrected chi connectivity index (χ1v) is 6.99. The van der Waals surface area contributed by atoms with Gasteiger partial charge in [-0.05, 0) is 37.8 Å². The summed E-state index contributed by atoms with van der Waals surface area (Å²) >= 11 is 0. The van der Waals surface area contributed by atoms with Gasteiger partial charge in [-0.1, -0.05) is 53.4 Å². The van der Waals surface area contributed by atoms with Crippen LogP contribution in [0.5, 0.6) is 0 Å². The van der Waals surface area contributed by atoms with E-state index in [0.29, 0.717) is 0 Å². The highest BCUT2D eigenvalue weighted by Crippen LogP contribution is 2.11. The molecule has 0 saturated carbocycles. The Labute approximate surface area is 97.0 Å². The normalized spacial score (nSPS) is 15.2. The lowest BCUT2D eigenvalue weighted by Crippen LogP contribution is -2.27. The van der Waals surface area contributed by atoms with Crippen LogP contribution in [0, 0.1) is 11.8 Å². The zero-order valence-electron chi connectivity index (χ0n) is 11.3. The van der Waals surface area contributed by atoms with Crippen LogP contribution >= 0.6 is 0 Å². The zero-order chi connectivity index (χ0) is 11.5. The van der Waals surface area contributed by atoms with E-state index in [1.165, 1.54) is 51.6 Å². The Bertz CT molecular complexity index is 109. The largest absolute Gasteiger partial charge is 0.316 e. The second kappa shape index (κ2) is 10.5. The van der Waals surface area contributed by atoms with Crippen molar-refractivity contribution in [3.63, 3.8) is 0 Å². The van der Waals surface area contributed by atoms with Crippen LogP contribution in [-0.2, 0) is 0 Å². The van der Waals surface area contributed by atoms with Crippen molar-refractivity contribution in [2.75, 3.05) is 13.1 Å². The van der Waals surface area contributed by atoms with Crippen molar-refractivity contribution >= 4 is 0 Å². The first-order valence-electron chi connectivity index (χ1n) is 6.99. The number of nitrogens with one attached hydrogen (secondary N) is 1. The first kappa shape index (κ1) is 15.0. The minimum absolute atomic E-state index is 0.897. The molecule has 1 N–H and O–H groups in total. The SMILES string of the molecule is CCCC(CC)CNCC(CC)CCC. The summed E-state index contributed by atoms with van der Waals surface area (Å²) in [6, 6.07) is 0. The van der Waals surface area contributed by atoms with Crippen LogP contribution in [0.1, 0.15) is 66.2 Å². The second-order valence-electron chi connectivity index (χ2n) is 4.78. The Hall–Kier alpha value is -0.0400. The van der Waals surface area contributed by atoms with Gasteiger partial charge in [-0.2, -0.15) is 0 Å². The van der Waals surface area contributed by atoms with E-state index >= 15 is 0 Å². The van der Waals surface area contributed by atoms with Crippen LogP contribution in [-0.4, -0.2) is 13.1 Å². The van der Waals surface area contributed by atoms with E-state index in [1.54, 1.807) is 0 Å². The Morgan fingerprint density at radius 3 is 1.40 bits per heavy atom. The van der Waals surface area contributed by atoms with Crippen LogP contribution in [0.3, 0.4) is 0 Å². The molecule has 15 heavy (non-hydrogen) atoms. The Kier molecular flexibility index (Phi) is 10.4. The molecule has 0 radical (unpaired) electrons. The van der Waals surface area contributed by atoms with Crippen LogP contribution in [0.25, 0.3) is 0 Å². The molecule has 1 heteroatoms. The maximum atomic E-state index is 3.66. The number of hydrogen-bond donors (Lipinski definition) is 1. The van der Waals surface area contributed by atoms with Crippen LogP contribution in [0.2, 0.25) is 0 Å². The Balaban J connectivity index is 3.55. The first-order chi connectivity index (χ1) is 7.28. The van der Waals surface area contributed by atoms with E-state index in [0.717, 1.165) is 11.8 Å². The fourth-order valence-electron chi connectivity index (χ4n) is 2.21. The maximum absolute atomic E-state index is 3.66. The molecule has 0 aliphatic heterocycles. The molecule has 0 bridgehead atoms. The minimum atomic E-state index is 0.897. The zero-order valence-corrected chi connectivity index (χ0v) is 11.3. The van der Waals surface area contributed by atoms with Gasteiger partial charge in [0, 0.05) is 0 Å². The summed E-state index contributed by atoms with van der Waals surface area (Å²) in [5.41, 5.74) is 0. The summed E-state index contributed by atoms with van der Waals surface area (Å²) < 4.78 is 0. The minimum Gasteiger partial charge on any atom is -0.316 e. The van der Waals surface area contributed by atoms with E-state index in [9.17, 15) is 0 Å². The quantitative estimate of drug-likeness (QED) is 0.572. The van der Waals surface area contributed by atoms with E-state index in [-0.39, 0.29) is 0 Å². The molecular formula is C14H31N. The lowest BCUT2D eigenvalue weighted by molar-refractivity contribution is 0.379. The summed E-state index contributed by atoms with van der Waals surface area (Å²) in [6.45, 7) is 11.6. The summed E-state index contributed by atoms with van der Waals surface area (Å²) in [7, 11) is 0. The smallest absolute Gasteiger partial charge is 0.00205 e. The Morgan fingerprint density at radius 2 is 1.13 bits per heavy atom. The highest BCUT2D eigenvalue weighted by Gasteiger charge is 2.07. The van der Waals surface area contributed by atoms with Crippen molar-refractivity contribution in [3.8, 4) is 0 Å². The highest BCUT2D eigenvalue weighted by molar-refractivity contribution is 4.64. The van der Waals surface area contributed by atoms with Crippen molar-refractivity contribution in [1.82, 2.24) is 5.32 Å². The second-order valence-corrected chi connectivity index (χ2v) is 4.78. The molecule has 0 aliphatic rings. The van der Waals surface area contributed by atoms with Gasteiger partial charge >= 0.3 is 0 Å². The Morgan fingerprint density at radius 1 is 0.733 bits per heavy atom. The van der Waals surface area contributed by atoms with Gasteiger partial charge in [0.05, 0.1) is 0 Å². The van der Waals surface area contributed by atoms with Crippen molar-refractivity contribution in [2.45, 2.75) is 66.2 Å². The summed E-state index contributed by atoms with van der Waals surface area (Å²) in [4.78, 5) is 0. The third-order valence-electron chi connectivity index (χ3n) is 3.41. The topological polar surface area (TPSA) is 12.0 Å². The molecule has 0 saturated heterocycles. The molecule has 92 valence electrons. The van der Waals surface area contributed by atoms with E-state index in [1.807, 2.05) is 0 Å². The van der Waals surface area contributed by atoms with Crippen molar-refractivity contribution in [2.24, 2.45) is 11.8 Å². The molecule has 0 fully saturated rings. The van der Waals surface area contributed by atoms with Gasteiger partial charge in [0.15, 0.2) is 0 Å². The lowest BCUT2D eigenvalue weighted by Gasteiger charge is -2.18. The predicted molar refractivity (Wildman–Crippen MR) is 70.2 cm³/mol. The molecule has 2 atom stereocenters. The van der Waals surface area contributed by atoms with E-state index in [2.05, 4.69) is 33.0 Å². The maximum Gasteiger partial charge on any atom is -0.00205 e. The van der Waals surface area contributed by atoms with Gasteiger partial charge in [-0.15, -0.1) is 0 Å². The average Bonchev–Trinajstić information content (AvgIpc) is 2.26. The van der Waals surface area contributed by atoms with Crippen molar-refractivity contribution in [3.05, 3.63) is 0 Å². The van der Waals surface area contributed by atoms with Crippen molar-refractivity contribution in [1.29, 1.82) is 0 Å². The molecule has 0 aromatic carbocycles. The highest BCUT2D eigenvalue weighted by atomic mass is 14.9. The summed E-state index contributed by atoms with van der Waals surface area (Å²) in [6.07, 6.45) is 8.07. The molecule has 0 aromatic rings. The number of hydrogen-bond acceptors (Lipinski definition) is 1. The van der Waals surface area contributed by atoms with E-state index < -0.39 is 0 Å². The van der Waals surface area contributed by atoms with Crippen molar-refractivity contribution < 1.29 is 0 Å². The molecule has 0 rings (SSSR count). The number of rotatable bonds is 10. The molecule has 0 heterocycles. The van der Waals surface area contributed by atoms with Gasteiger partial charge in [0.2, 0.25) is 0 Å². The third kappa shape index (κ3) is 7.84. The molecule has 0 spiro atoms. The van der Waals surface area contributed by atoms with Gasteiger partial charge in [-0.25, -0.2) is 0 Å². The molecular weight excluding hydrogens is 182 g/mol. The summed E-state index contributed by atoms with van der Waals surface area (Å²) in [5.74, 6) is 1.79. The van der Waals surface area contributed by atoms with Gasteiger partial charge < -0.3 is 5.32 Å². The fourth-order valence-corrected chi connectivity index (χ4v) is 2.21. The summed E-state index contributed by atoms with van der Waals surface area (Å²) in [5, 5.41) is 3.66. The molecule has 1 nitrogen and oxygen atoms in total.